The van der Waals surface area contributed by atoms with E-state index >= 15 is 0 Å². The summed E-state index contributed by atoms with van der Waals surface area (Å²) >= 11 is 0. The summed E-state index contributed by atoms with van der Waals surface area (Å²) in [5.41, 5.74) is 0.639. The third-order valence-corrected chi connectivity index (χ3v) is 4.64. The van der Waals surface area contributed by atoms with Crippen LogP contribution in [0.15, 0.2) is 29.3 Å². The lowest BCUT2D eigenvalue weighted by atomic mass is 10.2. The molecule has 0 aliphatic carbocycles. The number of ether oxygens (including phenoxy) is 1. The number of carbonyl (C=O) groups is 2. The molecule has 150 valence electrons. The second kappa shape index (κ2) is 8.70. The van der Waals surface area contributed by atoms with Gasteiger partial charge in [-0.25, -0.2) is 0 Å². The molecule has 0 bridgehead atoms. The Morgan fingerprint density at radius 1 is 1.25 bits per heavy atom. The molecule has 10 heteroatoms. The van der Waals surface area contributed by atoms with Gasteiger partial charge in [-0.05, 0) is 6.07 Å². The summed E-state index contributed by atoms with van der Waals surface area (Å²) in [7, 11) is 3.25. The van der Waals surface area contributed by atoms with Crippen molar-refractivity contribution in [3.63, 3.8) is 0 Å². The first-order valence-corrected chi connectivity index (χ1v) is 9.04. The second-order valence-corrected chi connectivity index (χ2v) is 6.56. The van der Waals surface area contributed by atoms with Crippen molar-refractivity contribution in [2.24, 2.45) is 7.05 Å². The Morgan fingerprint density at radius 3 is 2.64 bits per heavy atom. The number of piperazine rings is 1. The van der Waals surface area contributed by atoms with Crippen LogP contribution in [0, 0.1) is 0 Å². The number of rotatable bonds is 6. The summed E-state index contributed by atoms with van der Waals surface area (Å²) in [6, 6.07) is 2.81. The van der Waals surface area contributed by atoms with Crippen LogP contribution >= 0.6 is 0 Å². The molecule has 1 saturated heterocycles. The molecule has 0 unspecified atom stereocenters. The number of nitrogens with one attached hydrogen (secondary N) is 2. The minimum atomic E-state index is -0.243. The number of methoxy groups -OCH3 is 1. The summed E-state index contributed by atoms with van der Waals surface area (Å²) in [6.45, 7) is 3.83. The van der Waals surface area contributed by atoms with Gasteiger partial charge in [0.25, 0.3) is 11.8 Å². The monoisotopic (exact) mass is 388 g/mol. The van der Waals surface area contributed by atoms with E-state index < -0.39 is 0 Å². The van der Waals surface area contributed by atoms with Gasteiger partial charge in [0.15, 0.2) is 0 Å². The smallest absolute Gasteiger partial charge is 0.261 e. The lowest BCUT2D eigenvalue weighted by Crippen LogP contribution is -2.50. The average molecular weight is 388 g/mol. The van der Waals surface area contributed by atoms with Crippen LogP contribution in [0.5, 0.6) is 5.88 Å². The van der Waals surface area contributed by atoms with E-state index in [0.717, 1.165) is 13.1 Å². The first-order valence-electron chi connectivity index (χ1n) is 9.04. The van der Waals surface area contributed by atoms with E-state index in [0.29, 0.717) is 43.2 Å². The van der Waals surface area contributed by atoms with Gasteiger partial charge >= 0.3 is 0 Å². The number of amides is 2. The molecule has 10 nitrogen and oxygen atoms in total. The van der Waals surface area contributed by atoms with Crippen molar-refractivity contribution in [1.29, 1.82) is 0 Å². The minimum absolute atomic E-state index is 0.0871. The summed E-state index contributed by atoms with van der Waals surface area (Å²) in [4.78, 5) is 42.2. The molecule has 1 fully saturated rings. The normalized spacial score (nSPS) is 14.7. The molecule has 0 atom stereocenters. The van der Waals surface area contributed by atoms with Gasteiger partial charge < -0.3 is 19.9 Å². The Labute approximate surface area is 162 Å². The molecule has 0 spiro atoms. The van der Waals surface area contributed by atoms with E-state index in [2.05, 4.69) is 20.3 Å². The summed E-state index contributed by atoms with van der Waals surface area (Å²) in [5, 5.41) is 6.96. The largest absolute Gasteiger partial charge is 0.479 e. The number of carbonyl (C=O) groups excluding carboxylic acids is 2. The first kappa shape index (κ1) is 19.6. The van der Waals surface area contributed by atoms with Crippen LogP contribution in [0.3, 0.4) is 0 Å². The number of H-pyrrole nitrogens is 1. The molecule has 1 aliphatic rings. The molecule has 2 amide bonds. The molecule has 1 aliphatic heterocycles. The van der Waals surface area contributed by atoms with E-state index in [1.807, 2.05) is 0 Å². The molecule has 2 aromatic heterocycles. The van der Waals surface area contributed by atoms with Crippen LogP contribution in [0.1, 0.15) is 20.7 Å². The molecule has 3 rings (SSSR count). The van der Waals surface area contributed by atoms with E-state index in [9.17, 15) is 14.4 Å². The number of pyridine rings is 1. The Morgan fingerprint density at radius 2 is 2.00 bits per heavy atom. The zero-order chi connectivity index (χ0) is 20.1. The fourth-order valence-corrected chi connectivity index (χ4v) is 3.09. The highest BCUT2D eigenvalue weighted by molar-refractivity contribution is 5.96. The molecular weight excluding hydrogens is 364 g/mol. The summed E-state index contributed by atoms with van der Waals surface area (Å²) in [5.74, 6) is 0.0182. The Kier molecular flexibility index (Phi) is 6.09. The number of hydrogen-bond donors (Lipinski definition) is 2. The van der Waals surface area contributed by atoms with Gasteiger partial charge in [0.2, 0.25) is 11.4 Å². The third kappa shape index (κ3) is 4.58. The van der Waals surface area contributed by atoms with Crippen LogP contribution in [-0.2, 0) is 7.05 Å². The summed E-state index contributed by atoms with van der Waals surface area (Å²) < 4.78 is 6.73. The fourth-order valence-electron chi connectivity index (χ4n) is 3.09. The molecule has 28 heavy (non-hydrogen) atoms. The maximum Gasteiger partial charge on any atom is 0.261 e. The van der Waals surface area contributed by atoms with Crippen molar-refractivity contribution < 1.29 is 14.3 Å². The summed E-state index contributed by atoms with van der Waals surface area (Å²) in [6.07, 6.45) is 3.06. The Balaban J connectivity index is 1.44. The van der Waals surface area contributed by atoms with Gasteiger partial charge in [0.1, 0.15) is 5.56 Å². The maximum absolute atomic E-state index is 12.7. The molecule has 0 saturated carbocycles. The van der Waals surface area contributed by atoms with E-state index in [1.165, 1.54) is 25.4 Å². The molecule has 3 heterocycles. The number of aryl methyl sites for hydroxylation is 1. The second-order valence-electron chi connectivity index (χ2n) is 6.56. The van der Waals surface area contributed by atoms with E-state index in [1.54, 1.807) is 22.8 Å². The Hall–Kier alpha value is -3.14. The van der Waals surface area contributed by atoms with Crippen LogP contribution < -0.4 is 15.6 Å². The number of aromatic amines is 1. The predicted molar refractivity (Wildman–Crippen MR) is 101 cm³/mol. The molecule has 0 radical (unpaired) electrons. The van der Waals surface area contributed by atoms with Crippen LogP contribution in [0.4, 0.5) is 0 Å². The standard InChI is InChI=1S/C18H24N6O4/c1-22-12-14(17(21-22)28-2)18(27)24-9-7-23(8-10-24)6-5-19-16(26)13-3-4-15(25)20-11-13/h3-4,11-12H,5-10H2,1-2H3,(H,19,26)(H,20,25). The molecular formula is C18H24N6O4. The highest BCUT2D eigenvalue weighted by Crippen LogP contribution is 2.18. The number of nitrogens with zero attached hydrogens (tertiary/aromatic N) is 4. The van der Waals surface area contributed by atoms with Crippen LogP contribution in [0.25, 0.3) is 0 Å². The minimum Gasteiger partial charge on any atom is -0.479 e. The molecule has 2 N–H and O–H groups in total. The van der Waals surface area contributed by atoms with Crippen molar-refractivity contribution in [2.45, 2.75) is 0 Å². The SMILES string of the molecule is COc1nn(C)cc1C(=O)N1CCN(CCNC(=O)c2ccc(=O)[nH]c2)CC1. The van der Waals surface area contributed by atoms with Crippen molar-refractivity contribution in [1.82, 2.24) is 29.9 Å². The quantitative estimate of drug-likeness (QED) is 0.677. The highest BCUT2D eigenvalue weighted by Gasteiger charge is 2.26. The van der Waals surface area contributed by atoms with Crippen molar-refractivity contribution >= 4 is 11.8 Å². The van der Waals surface area contributed by atoms with Gasteiger partial charge in [-0.2, -0.15) is 0 Å². The molecule has 0 aromatic carbocycles. The zero-order valence-electron chi connectivity index (χ0n) is 16.0. The van der Waals surface area contributed by atoms with Gasteiger partial charge in [-0.3, -0.25) is 24.0 Å². The van der Waals surface area contributed by atoms with Gasteiger partial charge in [0, 0.05) is 64.8 Å². The van der Waals surface area contributed by atoms with E-state index in [4.69, 9.17) is 4.74 Å². The molecule has 2 aromatic rings. The van der Waals surface area contributed by atoms with Gasteiger partial charge in [-0.1, -0.05) is 0 Å². The Bertz CT molecular complexity index is 877. The van der Waals surface area contributed by atoms with Gasteiger partial charge in [0.05, 0.1) is 12.7 Å². The van der Waals surface area contributed by atoms with Crippen molar-refractivity contribution in [3.8, 4) is 5.88 Å². The third-order valence-electron chi connectivity index (χ3n) is 4.64. The fraction of sp³-hybridized carbons (Fsp3) is 0.444. The van der Waals surface area contributed by atoms with Crippen LogP contribution in [0.2, 0.25) is 0 Å². The lowest BCUT2D eigenvalue weighted by molar-refractivity contribution is 0.0635. The predicted octanol–water partition coefficient (Wildman–Crippen LogP) is -0.695. The number of hydrogen-bond acceptors (Lipinski definition) is 6. The first-order chi connectivity index (χ1) is 13.5. The average Bonchev–Trinajstić information content (AvgIpc) is 3.09. The topological polar surface area (TPSA) is 113 Å². The number of aromatic nitrogens is 3. The zero-order valence-corrected chi connectivity index (χ0v) is 16.0. The van der Waals surface area contributed by atoms with Crippen molar-refractivity contribution in [3.05, 3.63) is 46.0 Å². The highest BCUT2D eigenvalue weighted by atomic mass is 16.5. The van der Waals surface area contributed by atoms with Gasteiger partial charge in [-0.15, -0.1) is 5.10 Å². The van der Waals surface area contributed by atoms with Crippen molar-refractivity contribution in [2.75, 3.05) is 46.4 Å². The van der Waals surface area contributed by atoms with Crippen LogP contribution in [-0.4, -0.2) is 82.8 Å². The van der Waals surface area contributed by atoms with E-state index in [-0.39, 0.29) is 17.4 Å². The maximum atomic E-state index is 12.7. The lowest BCUT2D eigenvalue weighted by Gasteiger charge is -2.34.